The van der Waals surface area contributed by atoms with Crippen LogP contribution >= 0.6 is 0 Å². The molecule has 0 radical (unpaired) electrons. The predicted octanol–water partition coefficient (Wildman–Crippen LogP) is 3.65. The van der Waals surface area contributed by atoms with Crippen LogP contribution in [0.5, 0.6) is 0 Å². The summed E-state index contributed by atoms with van der Waals surface area (Å²) in [6, 6.07) is 17.4. The van der Waals surface area contributed by atoms with Gasteiger partial charge >= 0.3 is 0 Å². The second-order valence-electron chi connectivity index (χ2n) is 7.06. The zero-order chi connectivity index (χ0) is 19.4. The Morgan fingerprint density at radius 3 is 2.57 bits per heavy atom. The van der Waals surface area contributed by atoms with Crippen molar-refractivity contribution in [1.82, 2.24) is 9.29 Å². The van der Waals surface area contributed by atoms with Crippen molar-refractivity contribution >= 4 is 20.8 Å². The summed E-state index contributed by atoms with van der Waals surface area (Å²) in [5.74, 6) is 0. The average molecular weight is 397 g/mol. The number of hydrogen-bond acceptors (Lipinski definition) is 4. The van der Waals surface area contributed by atoms with Gasteiger partial charge in [-0.3, -0.25) is 4.98 Å². The van der Waals surface area contributed by atoms with Crippen molar-refractivity contribution in [3.63, 3.8) is 0 Å². The van der Waals surface area contributed by atoms with Crippen LogP contribution in [-0.2, 0) is 21.2 Å². The van der Waals surface area contributed by atoms with Crippen LogP contribution in [0.25, 0.3) is 10.8 Å². The number of fused-ring (bicyclic) bond motifs is 1. The molecule has 2 heterocycles. The van der Waals surface area contributed by atoms with Crippen molar-refractivity contribution in [2.75, 3.05) is 19.7 Å². The van der Waals surface area contributed by atoms with Crippen LogP contribution in [0, 0.1) is 0 Å². The molecule has 1 aliphatic heterocycles. The van der Waals surface area contributed by atoms with E-state index in [0.717, 1.165) is 30.0 Å². The van der Waals surface area contributed by atoms with E-state index in [0.29, 0.717) is 24.6 Å². The fourth-order valence-electron chi connectivity index (χ4n) is 3.68. The lowest BCUT2D eigenvalue weighted by atomic mass is 10.1. The molecule has 0 aliphatic carbocycles. The lowest BCUT2D eigenvalue weighted by Crippen LogP contribution is -2.41. The monoisotopic (exact) mass is 396 g/mol. The second kappa shape index (κ2) is 8.39. The third-order valence-electron chi connectivity index (χ3n) is 5.25. The first-order chi connectivity index (χ1) is 13.6. The first kappa shape index (κ1) is 19.1. The minimum atomic E-state index is -3.53. The standard InChI is InChI=1S/C22H24N2O3S/c25-28(26,22-8-4-7-19-17-23-13-9-21(19)22)24-14-10-20(11-15-24)27-16-12-18-5-2-1-3-6-18/h1-9,13,17,20H,10-12,14-16H2. The van der Waals surface area contributed by atoms with E-state index >= 15 is 0 Å². The zero-order valence-corrected chi connectivity index (χ0v) is 16.5. The minimum Gasteiger partial charge on any atom is -0.378 e. The molecule has 0 amide bonds. The number of rotatable bonds is 6. The van der Waals surface area contributed by atoms with Crippen LogP contribution in [0.3, 0.4) is 0 Å². The Labute approximate surface area is 166 Å². The van der Waals surface area contributed by atoms with Crippen molar-refractivity contribution in [3.05, 3.63) is 72.6 Å². The van der Waals surface area contributed by atoms with E-state index in [1.165, 1.54) is 5.56 Å². The molecule has 1 aromatic heterocycles. The van der Waals surface area contributed by atoms with Gasteiger partial charge in [0.15, 0.2) is 0 Å². The molecule has 0 atom stereocenters. The molecule has 146 valence electrons. The van der Waals surface area contributed by atoms with Crippen LogP contribution in [-0.4, -0.2) is 43.5 Å². The van der Waals surface area contributed by atoms with E-state index in [1.54, 1.807) is 34.9 Å². The van der Waals surface area contributed by atoms with E-state index in [-0.39, 0.29) is 6.10 Å². The van der Waals surface area contributed by atoms with E-state index in [9.17, 15) is 8.42 Å². The van der Waals surface area contributed by atoms with Gasteiger partial charge < -0.3 is 4.74 Å². The minimum absolute atomic E-state index is 0.117. The van der Waals surface area contributed by atoms with Gasteiger partial charge in [0.1, 0.15) is 0 Å². The number of pyridine rings is 1. The summed E-state index contributed by atoms with van der Waals surface area (Å²) in [4.78, 5) is 4.44. The quantitative estimate of drug-likeness (QED) is 0.638. The van der Waals surface area contributed by atoms with Gasteiger partial charge in [-0.05, 0) is 37.0 Å². The van der Waals surface area contributed by atoms with Gasteiger partial charge in [0.05, 0.1) is 17.6 Å². The summed E-state index contributed by atoms with van der Waals surface area (Å²) in [7, 11) is -3.53. The molecule has 4 rings (SSSR count). The Morgan fingerprint density at radius 1 is 1.00 bits per heavy atom. The fourth-order valence-corrected chi connectivity index (χ4v) is 5.37. The highest BCUT2D eigenvalue weighted by Crippen LogP contribution is 2.27. The molecule has 0 saturated carbocycles. The van der Waals surface area contributed by atoms with Crippen molar-refractivity contribution in [2.24, 2.45) is 0 Å². The topological polar surface area (TPSA) is 59.5 Å². The highest BCUT2D eigenvalue weighted by atomic mass is 32.2. The fraction of sp³-hybridized carbons (Fsp3) is 0.318. The lowest BCUT2D eigenvalue weighted by Gasteiger charge is -2.31. The molecule has 3 aromatic rings. The molecule has 1 aliphatic rings. The summed E-state index contributed by atoms with van der Waals surface area (Å²) in [6.45, 7) is 1.64. The Hall–Kier alpha value is -2.28. The van der Waals surface area contributed by atoms with Crippen molar-refractivity contribution in [2.45, 2.75) is 30.3 Å². The van der Waals surface area contributed by atoms with Gasteiger partial charge in [-0.2, -0.15) is 4.31 Å². The summed E-state index contributed by atoms with van der Waals surface area (Å²) in [6.07, 6.45) is 5.77. The Morgan fingerprint density at radius 2 is 1.79 bits per heavy atom. The van der Waals surface area contributed by atoms with Crippen LogP contribution in [0.2, 0.25) is 0 Å². The maximum absolute atomic E-state index is 13.2. The molecule has 1 saturated heterocycles. The van der Waals surface area contributed by atoms with E-state index in [1.807, 2.05) is 24.3 Å². The molecule has 0 N–H and O–H groups in total. The van der Waals surface area contributed by atoms with Crippen molar-refractivity contribution in [1.29, 1.82) is 0 Å². The van der Waals surface area contributed by atoms with Gasteiger partial charge in [-0.25, -0.2) is 8.42 Å². The molecule has 0 bridgehead atoms. The summed E-state index contributed by atoms with van der Waals surface area (Å²) >= 11 is 0. The molecular formula is C22H24N2O3S. The summed E-state index contributed by atoms with van der Waals surface area (Å²) in [5.41, 5.74) is 1.26. The zero-order valence-electron chi connectivity index (χ0n) is 15.7. The van der Waals surface area contributed by atoms with E-state index in [4.69, 9.17) is 4.74 Å². The van der Waals surface area contributed by atoms with Crippen LogP contribution < -0.4 is 0 Å². The van der Waals surface area contributed by atoms with Gasteiger partial charge in [-0.15, -0.1) is 0 Å². The van der Waals surface area contributed by atoms with E-state index in [2.05, 4.69) is 17.1 Å². The SMILES string of the molecule is O=S(=O)(c1cccc2cnccc12)N1CCC(OCCc2ccccc2)CC1. The third kappa shape index (κ3) is 4.09. The number of ether oxygens (including phenoxy) is 1. The highest BCUT2D eigenvalue weighted by molar-refractivity contribution is 7.89. The number of sulfonamides is 1. The molecule has 1 fully saturated rings. The first-order valence-corrected chi connectivity index (χ1v) is 11.1. The normalized spacial score (nSPS) is 16.4. The molecule has 0 unspecified atom stereocenters. The van der Waals surface area contributed by atoms with Crippen molar-refractivity contribution < 1.29 is 13.2 Å². The van der Waals surface area contributed by atoms with Gasteiger partial charge in [0, 0.05) is 36.3 Å². The Bertz CT molecular complexity index is 1020. The lowest BCUT2D eigenvalue weighted by molar-refractivity contribution is 0.0230. The second-order valence-corrected chi connectivity index (χ2v) is 8.97. The van der Waals surface area contributed by atoms with Gasteiger partial charge in [-0.1, -0.05) is 42.5 Å². The summed E-state index contributed by atoms with van der Waals surface area (Å²) in [5, 5.41) is 1.56. The van der Waals surface area contributed by atoms with Gasteiger partial charge in [0.25, 0.3) is 0 Å². The van der Waals surface area contributed by atoms with Gasteiger partial charge in [0.2, 0.25) is 10.0 Å². The molecule has 28 heavy (non-hydrogen) atoms. The Kier molecular flexibility index (Phi) is 5.71. The third-order valence-corrected chi connectivity index (χ3v) is 7.20. The molecule has 5 nitrogen and oxygen atoms in total. The van der Waals surface area contributed by atoms with Crippen LogP contribution in [0.1, 0.15) is 18.4 Å². The highest BCUT2D eigenvalue weighted by Gasteiger charge is 2.30. The number of hydrogen-bond donors (Lipinski definition) is 0. The van der Waals surface area contributed by atoms with Crippen LogP contribution in [0.4, 0.5) is 0 Å². The molecule has 6 heteroatoms. The Balaban J connectivity index is 1.37. The maximum Gasteiger partial charge on any atom is 0.243 e. The predicted molar refractivity (Wildman–Crippen MR) is 110 cm³/mol. The average Bonchev–Trinajstić information content (AvgIpc) is 2.74. The summed E-state index contributed by atoms with van der Waals surface area (Å²) < 4.78 is 33.9. The maximum atomic E-state index is 13.2. The number of benzene rings is 2. The largest absolute Gasteiger partial charge is 0.378 e. The smallest absolute Gasteiger partial charge is 0.243 e. The van der Waals surface area contributed by atoms with Crippen LogP contribution in [0.15, 0.2) is 71.9 Å². The number of piperidine rings is 1. The van der Waals surface area contributed by atoms with Crippen molar-refractivity contribution in [3.8, 4) is 0 Å². The number of nitrogens with zero attached hydrogens (tertiary/aromatic N) is 2. The molecule has 2 aromatic carbocycles. The molecule has 0 spiro atoms. The first-order valence-electron chi connectivity index (χ1n) is 9.63. The number of aromatic nitrogens is 1. The molecular weight excluding hydrogens is 372 g/mol. The van der Waals surface area contributed by atoms with E-state index < -0.39 is 10.0 Å².